The highest BCUT2D eigenvalue weighted by Gasteiger charge is 2.48. The molecule has 6 heteroatoms. The van der Waals surface area contributed by atoms with E-state index < -0.39 is 0 Å². The highest BCUT2D eigenvalue weighted by atomic mass is 16.6. The second kappa shape index (κ2) is 5.78. The number of rotatable bonds is 2. The van der Waals surface area contributed by atoms with Crippen LogP contribution in [0.4, 0.5) is 10.6 Å². The van der Waals surface area contributed by atoms with Crippen LogP contribution >= 0.6 is 0 Å². The number of piperidine rings is 1. The van der Waals surface area contributed by atoms with E-state index in [4.69, 9.17) is 4.74 Å². The molecular formula is C18H20N4O2. The molecule has 0 saturated carbocycles. The zero-order valence-corrected chi connectivity index (χ0v) is 13.6. The number of benzene rings is 1. The van der Waals surface area contributed by atoms with Gasteiger partial charge in [-0.05, 0) is 18.6 Å². The minimum absolute atomic E-state index is 0.0499. The van der Waals surface area contributed by atoms with Gasteiger partial charge in [-0.1, -0.05) is 30.3 Å². The molecule has 1 N–H and O–H groups in total. The Kier molecular flexibility index (Phi) is 3.59. The molecule has 2 fully saturated rings. The minimum atomic E-state index is -0.377. The second-order valence-electron chi connectivity index (χ2n) is 6.48. The van der Waals surface area contributed by atoms with Crippen molar-refractivity contribution < 1.29 is 9.53 Å². The average molecular weight is 324 g/mol. The lowest BCUT2D eigenvalue weighted by Crippen LogP contribution is -2.51. The fourth-order valence-electron chi connectivity index (χ4n) is 3.56. The summed E-state index contributed by atoms with van der Waals surface area (Å²) in [5, 5.41) is 11.3. The van der Waals surface area contributed by atoms with E-state index in [1.807, 2.05) is 25.1 Å². The zero-order valence-electron chi connectivity index (χ0n) is 13.6. The van der Waals surface area contributed by atoms with Crippen LogP contribution in [0.1, 0.15) is 19.8 Å². The molecule has 0 radical (unpaired) electrons. The van der Waals surface area contributed by atoms with Gasteiger partial charge in [-0.3, -0.25) is 0 Å². The fraction of sp³-hybridized carbons (Fsp3) is 0.389. The molecule has 2 aliphatic rings. The molecule has 2 aromatic rings. The molecule has 1 unspecified atom stereocenters. The van der Waals surface area contributed by atoms with Gasteiger partial charge < -0.3 is 15.0 Å². The van der Waals surface area contributed by atoms with Crippen LogP contribution in [0.25, 0.3) is 11.1 Å². The van der Waals surface area contributed by atoms with Crippen LogP contribution < -0.4 is 10.2 Å². The van der Waals surface area contributed by atoms with Crippen molar-refractivity contribution in [1.29, 1.82) is 0 Å². The lowest BCUT2D eigenvalue weighted by atomic mass is 9.85. The molecule has 1 spiro atoms. The van der Waals surface area contributed by atoms with E-state index in [2.05, 4.69) is 38.6 Å². The van der Waals surface area contributed by atoms with Crippen LogP contribution in [0.15, 0.2) is 42.6 Å². The first-order valence-corrected chi connectivity index (χ1v) is 8.29. The van der Waals surface area contributed by atoms with Crippen LogP contribution in [0, 0.1) is 0 Å². The molecule has 3 heterocycles. The Morgan fingerprint density at radius 2 is 1.96 bits per heavy atom. The van der Waals surface area contributed by atoms with Crippen LogP contribution in [-0.2, 0) is 4.74 Å². The van der Waals surface area contributed by atoms with Gasteiger partial charge in [-0.2, -0.15) is 5.10 Å². The standard InChI is InChI=1S/C18H20N4O2/c1-13-18(24-17(23)20-13)7-9-22(10-8-18)16-11-15(12-19-21-16)14-5-3-2-4-6-14/h2-6,11-13H,7-10H2,1H3,(H,20,23). The van der Waals surface area contributed by atoms with Crippen molar-refractivity contribution in [1.82, 2.24) is 15.5 Å². The minimum Gasteiger partial charge on any atom is -0.441 e. The van der Waals surface area contributed by atoms with E-state index in [1.54, 1.807) is 6.20 Å². The molecule has 124 valence electrons. The first kappa shape index (κ1) is 14.9. The van der Waals surface area contributed by atoms with Gasteiger partial charge in [-0.25, -0.2) is 4.79 Å². The molecule has 1 amide bonds. The monoisotopic (exact) mass is 324 g/mol. The number of amides is 1. The van der Waals surface area contributed by atoms with Gasteiger partial charge in [0.05, 0.1) is 12.2 Å². The van der Waals surface area contributed by atoms with Crippen molar-refractivity contribution in [2.24, 2.45) is 0 Å². The zero-order chi connectivity index (χ0) is 16.6. The maximum absolute atomic E-state index is 11.5. The van der Waals surface area contributed by atoms with E-state index in [0.29, 0.717) is 0 Å². The Labute approximate surface area is 140 Å². The summed E-state index contributed by atoms with van der Waals surface area (Å²) in [5.74, 6) is 0.871. The quantitative estimate of drug-likeness (QED) is 0.920. The van der Waals surface area contributed by atoms with Crippen LogP contribution in [0.3, 0.4) is 0 Å². The van der Waals surface area contributed by atoms with Crippen molar-refractivity contribution in [2.75, 3.05) is 18.0 Å². The number of hydrogen-bond donors (Lipinski definition) is 1. The predicted octanol–water partition coefficient (Wildman–Crippen LogP) is 2.61. The summed E-state index contributed by atoms with van der Waals surface area (Å²) >= 11 is 0. The van der Waals surface area contributed by atoms with Crippen molar-refractivity contribution in [3.63, 3.8) is 0 Å². The Morgan fingerprint density at radius 1 is 1.21 bits per heavy atom. The highest BCUT2D eigenvalue weighted by Crippen LogP contribution is 2.35. The van der Waals surface area contributed by atoms with Gasteiger partial charge >= 0.3 is 6.09 Å². The summed E-state index contributed by atoms with van der Waals surface area (Å²) in [4.78, 5) is 13.7. The highest BCUT2D eigenvalue weighted by molar-refractivity contribution is 5.71. The third kappa shape index (κ3) is 2.58. The smallest absolute Gasteiger partial charge is 0.408 e. The Bertz CT molecular complexity index is 742. The number of carbonyl (C=O) groups is 1. The summed E-state index contributed by atoms with van der Waals surface area (Å²) < 4.78 is 5.57. The fourth-order valence-corrected chi connectivity index (χ4v) is 3.56. The molecule has 0 bridgehead atoms. The number of hydrogen-bond acceptors (Lipinski definition) is 5. The van der Waals surface area contributed by atoms with E-state index in [0.717, 1.165) is 42.9 Å². The summed E-state index contributed by atoms with van der Waals surface area (Å²) in [7, 11) is 0. The number of carbonyl (C=O) groups excluding carboxylic acids is 1. The molecule has 1 aromatic heterocycles. The Balaban J connectivity index is 1.51. The topological polar surface area (TPSA) is 67.3 Å². The molecule has 1 aromatic carbocycles. The maximum Gasteiger partial charge on any atom is 0.408 e. The molecule has 4 rings (SSSR count). The molecule has 2 aliphatic heterocycles. The first-order valence-electron chi connectivity index (χ1n) is 8.29. The lowest BCUT2D eigenvalue weighted by Gasteiger charge is -2.39. The number of ether oxygens (including phenoxy) is 1. The Hall–Kier alpha value is -2.63. The lowest BCUT2D eigenvalue weighted by molar-refractivity contribution is 0.0187. The third-order valence-corrected chi connectivity index (χ3v) is 5.10. The number of alkyl carbamates (subject to hydrolysis) is 1. The molecule has 6 nitrogen and oxygen atoms in total. The number of aromatic nitrogens is 2. The maximum atomic E-state index is 11.5. The number of nitrogens with one attached hydrogen (secondary N) is 1. The third-order valence-electron chi connectivity index (χ3n) is 5.10. The van der Waals surface area contributed by atoms with Crippen LogP contribution in [0.2, 0.25) is 0 Å². The molecule has 1 atom stereocenters. The number of nitrogens with zero attached hydrogens (tertiary/aromatic N) is 3. The van der Waals surface area contributed by atoms with Gasteiger partial charge in [-0.15, -0.1) is 5.10 Å². The Morgan fingerprint density at radius 3 is 2.62 bits per heavy atom. The first-order chi connectivity index (χ1) is 11.7. The van der Waals surface area contributed by atoms with E-state index in [9.17, 15) is 4.79 Å². The van der Waals surface area contributed by atoms with E-state index in [1.165, 1.54) is 0 Å². The summed E-state index contributed by atoms with van der Waals surface area (Å²) in [6, 6.07) is 12.3. The van der Waals surface area contributed by atoms with Crippen LogP contribution in [-0.4, -0.2) is 41.0 Å². The van der Waals surface area contributed by atoms with Crippen molar-refractivity contribution >= 4 is 11.9 Å². The second-order valence-corrected chi connectivity index (χ2v) is 6.48. The average Bonchev–Trinajstić information content (AvgIpc) is 2.89. The van der Waals surface area contributed by atoms with Gasteiger partial charge in [0, 0.05) is 31.5 Å². The van der Waals surface area contributed by atoms with Crippen LogP contribution in [0.5, 0.6) is 0 Å². The van der Waals surface area contributed by atoms with Gasteiger partial charge in [0.15, 0.2) is 5.82 Å². The summed E-state index contributed by atoms with van der Waals surface area (Å²) in [6.45, 7) is 3.61. The SMILES string of the molecule is CC1NC(=O)OC12CCN(c1cc(-c3ccccc3)cnn1)CC2. The van der Waals surface area contributed by atoms with E-state index in [-0.39, 0.29) is 17.7 Å². The predicted molar refractivity (Wildman–Crippen MR) is 90.7 cm³/mol. The largest absolute Gasteiger partial charge is 0.441 e. The molecular weight excluding hydrogens is 304 g/mol. The number of anilines is 1. The molecule has 24 heavy (non-hydrogen) atoms. The molecule has 2 saturated heterocycles. The van der Waals surface area contributed by atoms with Gasteiger partial charge in [0.1, 0.15) is 5.60 Å². The summed E-state index contributed by atoms with van der Waals surface area (Å²) in [5.41, 5.74) is 1.81. The van der Waals surface area contributed by atoms with E-state index >= 15 is 0 Å². The van der Waals surface area contributed by atoms with Gasteiger partial charge in [0.25, 0.3) is 0 Å². The van der Waals surface area contributed by atoms with Crippen molar-refractivity contribution in [3.05, 3.63) is 42.6 Å². The normalized spacial score (nSPS) is 22.3. The van der Waals surface area contributed by atoms with Crippen molar-refractivity contribution in [2.45, 2.75) is 31.4 Å². The van der Waals surface area contributed by atoms with Gasteiger partial charge in [0.2, 0.25) is 0 Å². The molecule has 0 aliphatic carbocycles. The van der Waals surface area contributed by atoms with Crippen molar-refractivity contribution in [3.8, 4) is 11.1 Å². The summed E-state index contributed by atoms with van der Waals surface area (Å²) in [6.07, 6.45) is 3.07.